The van der Waals surface area contributed by atoms with Crippen molar-refractivity contribution in [3.05, 3.63) is 28.0 Å². The molecule has 0 spiro atoms. The van der Waals surface area contributed by atoms with Crippen LogP contribution in [0.1, 0.15) is 17.4 Å². The Kier molecular flexibility index (Phi) is 5.31. The molecule has 0 aliphatic carbocycles. The van der Waals surface area contributed by atoms with Crippen LogP contribution in [0.2, 0.25) is 0 Å². The van der Waals surface area contributed by atoms with Gasteiger partial charge in [0.25, 0.3) is 0 Å². The molecule has 20 heavy (non-hydrogen) atoms. The molecule has 1 aromatic heterocycles. The Morgan fingerprint density at radius 1 is 1.60 bits per heavy atom. The quantitative estimate of drug-likeness (QED) is 0.805. The Morgan fingerprint density at radius 2 is 2.40 bits per heavy atom. The first-order chi connectivity index (χ1) is 9.56. The third-order valence-electron chi connectivity index (χ3n) is 3.08. The highest BCUT2D eigenvalue weighted by Gasteiger charge is 2.24. The summed E-state index contributed by atoms with van der Waals surface area (Å²) in [6.45, 7) is 4.41. The highest BCUT2D eigenvalue weighted by Crippen LogP contribution is 2.20. The van der Waals surface area contributed by atoms with Crippen molar-refractivity contribution in [2.45, 2.75) is 25.7 Å². The lowest BCUT2D eigenvalue weighted by molar-refractivity contribution is -0.131. The monoisotopic (exact) mass is 297 g/mol. The van der Waals surface area contributed by atoms with Crippen LogP contribution in [0.4, 0.5) is 0 Å². The van der Waals surface area contributed by atoms with Crippen molar-refractivity contribution in [2.75, 3.05) is 19.7 Å². The number of aliphatic hydroxyl groups excluding tert-OH is 1. The number of carboxylic acid groups (broad SMARTS) is 1. The summed E-state index contributed by atoms with van der Waals surface area (Å²) in [4.78, 5) is 13.9. The summed E-state index contributed by atoms with van der Waals surface area (Å²) in [5.74, 6) is -0.939. The molecular weight excluding hydrogens is 278 g/mol. The lowest BCUT2D eigenvalue weighted by atomic mass is 10.2. The first-order valence-corrected chi connectivity index (χ1v) is 7.42. The van der Waals surface area contributed by atoms with Gasteiger partial charge in [0.1, 0.15) is 0 Å². The highest BCUT2D eigenvalue weighted by atomic mass is 32.1. The molecule has 1 fully saturated rings. The third-order valence-corrected chi connectivity index (χ3v) is 4.02. The Bertz CT molecular complexity index is 485. The maximum absolute atomic E-state index is 10.5. The van der Waals surface area contributed by atoms with Gasteiger partial charge in [0, 0.05) is 30.6 Å². The normalized spacial score (nSPS) is 24.3. The molecule has 110 valence electrons. The van der Waals surface area contributed by atoms with E-state index in [0.717, 1.165) is 31.3 Å². The van der Waals surface area contributed by atoms with E-state index < -0.39 is 5.97 Å². The van der Waals surface area contributed by atoms with Gasteiger partial charge in [-0.3, -0.25) is 4.90 Å². The second-order valence-electron chi connectivity index (χ2n) is 4.96. The number of aliphatic hydroxyl groups is 1. The van der Waals surface area contributed by atoms with Gasteiger partial charge < -0.3 is 14.9 Å². The first kappa shape index (κ1) is 15.2. The molecule has 5 nitrogen and oxygen atoms in total. The van der Waals surface area contributed by atoms with Crippen LogP contribution >= 0.6 is 11.3 Å². The largest absolute Gasteiger partial charge is 0.478 e. The molecule has 1 aliphatic rings. The van der Waals surface area contributed by atoms with Crippen molar-refractivity contribution in [3.63, 3.8) is 0 Å². The van der Waals surface area contributed by atoms with Crippen molar-refractivity contribution >= 4 is 23.4 Å². The minimum atomic E-state index is -0.939. The predicted octanol–water partition coefficient (Wildman–Crippen LogP) is 1.43. The van der Waals surface area contributed by atoms with Gasteiger partial charge in [-0.05, 0) is 30.0 Å². The molecule has 0 amide bonds. The molecule has 0 radical (unpaired) electrons. The number of carboxylic acids is 1. The maximum atomic E-state index is 10.5. The molecule has 6 heteroatoms. The van der Waals surface area contributed by atoms with Crippen molar-refractivity contribution in [1.82, 2.24) is 4.90 Å². The fraction of sp³-hybridized carbons (Fsp3) is 0.500. The Hall–Kier alpha value is -1.21. The van der Waals surface area contributed by atoms with E-state index in [2.05, 4.69) is 4.90 Å². The second-order valence-corrected chi connectivity index (χ2v) is 5.96. The van der Waals surface area contributed by atoms with E-state index in [1.165, 1.54) is 4.88 Å². The Morgan fingerprint density at radius 3 is 3.10 bits per heavy atom. The number of hydrogen-bond donors (Lipinski definition) is 2. The van der Waals surface area contributed by atoms with Gasteiger partial charge in [-0.2, -0.15) is 0 Å². The molecule has 2 rings (SSSR count). The summed E-state index contributed by atoms with van der Waals surface area (Å²) in [5, 5.41) is 19.8. The van der Waals surface area contributed by atoms with Gasteiger partial charge in [0.05, 0.1) is 18.8 Å². The number of rotatable bonds is 5. The minimum absolute atomic E-state index is 0.0396. The van der Waals surface area contributed by atoms with Crippen LogP contribution in [0, 0.1) is 0 Å². The second kappa shape index (κ2) is 6.99. The van der Waals surface area contributed by atoms with E-state index in [1.807, 2.05) is 18.4 Å². The van der Waals surface area contributed by atoms with Crippen molar-refractivity contribution in [3.8, 4) is 0 Å². The fourth-order valence-electron chi connectivity index (χ4n) is 2.33. The minimum Gasteiger partial charge on any atom is -0.478 e. The molecule has 1 aromatic rings. The molecule has 2 heterocycles. The summed E-state index contributed by atoms with van der Waals surface area (Å²) in [6.07, 6.45) is 2.74. The van der Waals surface area contributed by atoms with Crippen LogP contribution < -0.4 is 0 Å². The molecule has 2 N–H and O–H groups in total. The van der Waals surface area contributed by atoms with Gasteiger partial charge in [0.15, 0.2) is 0 Å². The third kappa shape index (κ3) is 4.42. The predicted molar refractivity (Wildman–Crippen MR) is 77.7 cm³/mol. The number of morpholine rings is 1. The maximum Gasteiger partial charge on any atom is 0.328 e. The molecule has 2 unspecified atom stereocenters. The number of nitrogens with zero attached hydrogens (tertiary/aromatic N) is 1. The van der Waals surface area contributed by atoms with Gasteiger partial charge in [-0.25, -0.2) is 4.79 Å². The van der Waals surface area contributed by atoms with E-state index >= 15 is 0 Å². The summed E-state index contributed by atoms with van der Waals surface area (Å²) >= 11 is 1.62. The molecular formula is C14H19NO4S. The molecule has 0 bridgehead atoms. The molecule has 0 saturated carbocycles. The van der Waals surface area contributed by atoms with Crippen LogP contribution in [0.25, 0.3) is 6.08 Å². The molecule has 1 aliphatic heterocycles. The lowest BCUT2D eigenvalue weighted by Gasteiger charge is -2.35. The summed E-state index contributed by atoms with van der Waals surface area (Å²) in [7, 11) is 0. The summed E-state index contributed by atoms with van der Waals surface area (Å²) in [5.41, 5.74) is 0.910. The van der Waals surface area contributed by atoms with E-state index in [1.54, 1.807) is 17.4 Å². The van der Waals surface area contributed by atoms with Gasteiger partial charge in [0.2, 0.25) is 0 Å². The fourth-order valence-corrected chi connectivity index (χ4v) is 3.22. The van der Waals surface area contributed by atoms with Crippen molar-refractivity contribution in [2.24, 2.45) is 0 Å². The lowest BCUT2D eigenvalue weighted by Crippen LogP contribution is -2.47. The van der Waals surface area contributed by atoms with Crippen LogP contribution in [-0.4, -0.2) is 53.0 Å². The number of carbonyl (C=O) groups is 1. The van der Waals surface area contributed by atoms with Crippen LogP contribution in [-0.2, 0) is 16.1 Å². The van der Waals surface area contributed by atoms with Crippen LogP contribution in [0.5, 0.6) is 0 Å². The van der Waals surface area contributed by atoms with Crippen molar-refractivity contribution < 1.29 is 19.7 Å². The zero-order valence-electron chi connectivity index (χ0n) is 11.4. The zero-order valence-corrected chi connectivity index (χ0v) is 12.2. The van der Waals surface area contributed by atoms with E-state index in [4.69, 9.17) is 9.84 Å². The zero-order chi connectivity index (χ0) is 14.5. The van der Waals surface area contributed by atoms with Crippen LogP contribution in [0.15, 0.2) is 17.5 Å². The Labute approximate surface area is 122 Å². The topological polar surface area (TPSA) is 70.0 Å². The first-order valence-electron chi connectivity index (χ1n) is 6.54. The van der Waals surface area contributed by atoms with Gasteiger partial charge in [-0.1, -0.05) is 0 Å². The molecule has 2 atom stereocenters. The van der Waals surface area contributed by atoms with E-state index in [9.17, 15) is 9.90 Å². The average molecular weight is 297 g/mol. The number of hydrogen-bond acceptors (Lipinski definition) is 5. The van der Waals surface area contributed by atoms with Crippen LogP contribution in [0.3, 0.4) is 0 Å². The standard InChI is InChI=1S/C14H19NO4S/c1-10-5-15(6-12(8-16)19-10)7-13-4-11(9-20-13)2-3-14(17)18/h2-4,9-10,12,16H,5-8H2,1H3,(H,17,18)/b3-2+. The number of thiophene rings is 1. The van der Waals surface area contributed by atoms with Gasteiger partial charge in [-0.15, -0.1) is 11.3 Å². The van der Waals surface area contributed by atoms with Gasteiger partial charge >= 0.3 is 5.97 Å². The summed E-state index contributed by atoms with van der Waals surface area (Å²) < 4.78 is 5.61. The Balaban J connectivity index is 1.94. The van der Waals surface area contributed by atoms with Crippen molar-refractivity contribution in [1.29, 1.82) is 0 Å². The number of ether oxygens (including phenoxy) is 1. The van der Waals surface area contributed by atoms with E-state index in [-0.39, 0.29) is 18.8 Å². The molecule has 1 saturated heterocycles. The smallest absolute Gasteiger partial charge is 0.328 e. The number of aliphatic carboxylic acids is 1. The summed E-state index contributed by atoms with van der Waals surface area (Å²) in [6, 6.07) is 2.00. The SMILES string of the molecule is CC1CN(Cc2cc(/C=C/C(=O)O)cs2)CC(CO)O1. The average Bonchev–Trinajstić information content (AvgIpc) is 2.83. The van der Waals surface area contributed by atoms with E-state index in [0.29, 0.717) is 0 Å². The highest BCUT2D eigenvalue weighted by molar-refractivity contribution is 7.10. The molecule has 0 aromatic carbocycles.